The molecule has 3 N–H and O–H groups in total. The summed E-state index contributed by atoms with van der Waals surface area (Å²) >= 11 is 0. The molecule has 0 aromatic carbocycles. The van der Waals surface area contributed by atoms with Gasteiger partial charge in [0.15, 0.2) is 0 Å². The molecule has 0 spiro atoms. The number of aliphatic hydroxyl groups is 1. The van der Waals surface area contributed by atoms with Gasteiger partial charge in [0.05, 0.1) is 12.6 Å². The van der Waals surface area contributed by atoms with E-state index in [0.29, 0.717) is 19.6 Å². The Morgan fingerprint density at radius 2 is 2.06 bits per heavy atom. The number of carbonyl (C=O) groups excluding carboxylic acids is 1. The van der Waals surface area contributed by atoms with Crippen molar-refractivity contribution in [1.29, 1.82) is 0 Å². The molecule has 5 nitrogen and oxygen atoms in total. The van der Waals surface area contributed by atoms with Crippen molar-refractivity contribution in [2.24, 2.45) is 5.73 Å². The van der Waals surface area contributed by atoms with Gasteiger partial charge in [0.25, 0.3) is 0 Å². The van der Waals surface area contributed by atoms with Crippen molar-refractivity contribution in [3.8, 4) is 12.3 Å². The summed E-state index contributed by atoms with van der Waals surface area (Å²) in [5, 5.41) is 8.79. The molecule has 1 amide bonds. The van der Waals surface area contributed by atoms with Crippen LogP contribution in [0.4, 0.5) is 0 Å². The summed E-state index contributed by atoms with van der Waals surface area (Å²) in [6, 6.07) is -0.575. The second-order valence-corrected chi connectivity index (χ2v) is 3.91. The second-order valence-electron chi connectivity index (χ2n) is 3.91. The van der Waals surface area contributed by atoms with Crippen LogP contribution in [0.2, 0.25) is 0 Å². The summed E-state index contributed by atoms with van der Waals surface area (Å²) in [6.07, 6.45) is 5.41. The number of terminal acetylenes is 1. The Morgan fingerprint density at radius 3 is 2.56 bits per heavy atom. The van der Waals surface area contributed by atoms with Crippen LogP contribution >= 0.6 is 0 Å². The van der Waals surface area contributed by atoms with E-state index < -0.39 is 6.04 Å². The largest absolute Gasteiger partial charge is 0.395 e. The van der Waals surface area contributed by atoms with Gasteiger partial charge in [0.1, 0.15) is 0 Å². The minimum atomic E-state index is -0.575. The van der Waals surface area contributed by atoms with Gasteiger partial charge in [-0.2, -0.15) is 0 Å². The lowest BCUT2D eigenvalue weighted by Crippen LogP contribution is -2.53. The van der Waals surface area contributed by atoms with Gasteiger partial charge in [-0.1, -0.05) is 0 Å². The Bertz CT molecular complexity index is 267. The number of nitrogens with zero attached hydrogens (tertiary/aromatic N) is 2. The lowest BCUT2D eigenvalue weighted by atomic mass is 10.2. The van der Waals surface area contributed by atoms with E-state index in [-0.39, 0.29) is 18.9 Å². The van der Waals surface area contributed by atoms with Gasteiger partial charge in [0.2, 0.25) is 5.91 Å². The van der Waals surface area contributed by atoms with Gasteiger partial charge in [-0.3, -0.25) is 9.69 Å². The Balaban J connectivity index is 2.36. The molecule has 1 fully saturated rings. The molecule has 1 atom stereocenters. The highest BCUT2D eigenvalue weighted by Gasteiger charge is 2.24. The zero-order valence-corrected chi connectivity index (χ0v) is 9.43. The summed E-state index contributed by atoms with van der Waals surface area (Å²) in [7, 11) is 0. The number of nitrogens with two attached hydrogens (primary N) is 1. The fraction of sp³-hybridized carbons (Fsp3) is 0.727. The maximum absolute atomic E-state index is 11.8. The predicted octanol–water partition coefficient (Wildman–Crippen LogP) is -1.53. The summed E-state index contributed by atoms with van der Waals surface area (Å²) in [6.45, 7) is 3.72. The third-order valence-electron chi connectivity index (χ3n) is 2.76. The van der Waals surface area contributed by atoms with Gasteiger partial charge in [0, 0.05) is 39.1 Å². The van der Waals surface area contributed by atoms with Crippen molar-refractivity contribution in [3.05, 3.63) is 0 Å². The van der Waals surface area contributed by atoms with Crippen LogP contribution in [0.5, 0.6) is 0 Å². The van der Waals surface area contributed by atoms with E-state index in [1.54, 1.807) is 4.90 Å². The first kappa shape index (κ1) is 13.0. The van der Waals surface area contributed by atoms with Gasteiger partial charge < -0.3 is 15.7 Å². The van der Waals surface area contributed by atoms with Crippen LogP contribution in [0.3, 0.4) is 0 Å². The maximum atomic E-state index is 11.8. The molecule has 1 aliphatic rings. The minimum absolute atomic E-state index is 0.0680. The van der Waals surface area contributed by atoms with Gasteiger partial charge >= 0.3 is 0 Å². The zero-order valence-electron chi connectivity index (χ0n) is 9.43. The highest BCUT2D eigenvalue weighted by molar-refractivity contribution is 5.82. The van der Waals surface area contributed by atoms with Crippen molar-refractivity contribution in [2.75, 3.05) is 39.3 Å². The third-order valence-corrected chi connectivity index (χ3v) is 2.76. The first-order valence-electron chi connectivity index (χ1n) is 5.50. The first-order valence-corrected chi connectivity index (χ1v) is 5.50. The predicted molar refractivity (Wildman–Crippen MR) is 61.5 cm³/mol. The van der Waals surface area contributed by atoms with Crippen molar-refractivity contribution in [1.82, 2.24) is 9.80 Å². The molecule has 1 unspecified atom stereocenters. The van der Waals surface area contributed by atoms with Crippen LogP contribution in [0.15, 0.2) is 0 Å². The molecule has 1 rings (SSSR count). The summed E-state index contributed by atoms with van der Waals surface area (Å²) < 4.78 is 0. The van der Waals surface area contributed by atoms with E-state index in [2.05, 4.69) is 10.8 Å². The molecular formula is C11H19N3O2. The summed E-state index contributed by atoms with van der Waals surface area (Å²) in [5.41, 5.74) is 5.66. The molecule has 0 saturated carbocycles. The standard InChI is InChI=1S/C11H19N3O2/c1-2-3-10(12)11(16)14-6-4-13(5-7-14)8-9-15/h1,10,15H,3-9,12H2. The third kappa shape index (κ3) is 3.49. The lowest BCUT2D eigenvalue weighted by molar-refractivity contribution is -0.134. The molecule has 5 heteroatoms. The average Bonchev–Trinajstić information content (AvgIpc) is 2.30. The number of amides is 1. The Hall–Kier alpha value is -1.09. The van der Waals surface area contributed by atoms with Crippen LogP contribution in [-0.2, 0) is 4.79 Å². The van der Waals surface area contributed by atoms with Gasteiger partial charge in [-0.25, -0.2) is 0 Å². The normalized spacial score (nSPS) is 19.2. The van der Waals surface area contributed by atoms with Crippen molar-refractivity contribution >= 4 is 5.91 Å². The monoisotopic (exact) mass is 225 g/mol. The smallest absolute Gasteiger partial charge is 0.240 e. The Morgan fingerprint density at radius 1 is 1.44 bits per heavy atom. The first-order chi connectivity index (χ1) is 7.69. The lowest BCUT2D eigenvalue weighted by Gasteiger charge is -2.35. The van der Waals surface area contributed by atoms with E-state index in [1.165, 1.54) is 0 Å². The van der Waals surface area contributed by atoms with E-state index in [1.807, 2.05) is 0 Å². The molecule has 0 aromatic heterocycles. The molecular weight excluding hydrogens is 206 g/mol. The Labute approximate surface area is 96.2 Å². The Kier molecular flexibility index (Phi) is 5.26. The van der Waals surface area contributed by atoms with Crippen LogP contribution in [0.25, 0.3) is 0 Å². The topological polar surface area (TPSA) is 69.8 Å². The van der Waals surface area contributed by atoms with E-state index in [4.69, 9.17) is 17.3 Å². The highest BCUT2D eigenvalue weighted by atomic mass is 16.3. The van der Waals surface area contributed by atoms with Gasteiger partial charge in [-0.05, 0) is 0 Å². The fourth-order valence-electron chi connectivity index (χ4n) is 1.78. The van der Waals surface area contributed by atoms with Crippen LogP contribution in [-0.4, -0.2) is 66.2 Å². The highest BCUT2D eigenvalue weighted by Crippen LogP contribution is 2.04. The molecule has 1 saturated heterocycles. The molecule has 0 radical (unpaired) electrons. The molecule has 1 heterocycles. The summed E-state index contributed by atoms with van der Waals surface area (Å²) in [4.78, 5) is 15.7. The number of piperazine rings is 1. The average molecular weight is 225 g/mol. The minimum Gasteiger partial charge on any atom is -0.395 e. The number of aliphatic hydroxyl groups excluding tert-OH is 1. The van der Waals surface area contributed by atoms with Crippen molar-refractivity contribution in [2.45, 2.75) is 12.5 Å². The number of hydrogen-bond acceptors (Lipinski definition) is 4. The second kappa shape index (κ2) is 6.48. The number of rotatable bonds is 4. The maximum Gasteiger partial charge on any atom is 0.240 e. The van der Waals surface area contributed by atoms with E-state index in [0.717, 1.165) is 13.1 Å². The number of carbonyl (C=O) groups is 1. The van der Waals surface area contributed by atoms with Gasteiger partial charge in [-0.15, -0.1) is 12.3 Å². The molecule has 0 aromatic rings. The summed E-state index contributed by atoms with van der Waals surface area (Å²) in [5.74, 6) is 2.33. The van der Waals surface area contributed by atoms with E-state index in [9.17, 15) is 4.79 Å². The van der Waals surface area contributed by atoms with Crippen LogP contribution in [0.1, 0.15) is 6.42 Å². The van der Waals surface area contributed by atoms with Crippen molar-refractivity contribution < 1.29 is 9.90 Å². The quantitative estimate of drug-likeness (QED) is 0.570. The molecule has 1 aliphatic heterocycles. The fourth-order valence-corrected chi connectivity index (χ4v) is 1.78. The van der Waals surface area contributed by atoms with E-state index >= 15 is 0 Å². The number of β-amino-alcohol motifs (C(OH)–C–C–N with tert-alkyl or cyclic N) is 1. The van der Waals surface area contributed by atoms with Crippen LogP contribution in [0, 0.1) is 12.3 Å². The SMILES string of the molecule is C#CCC(N)C(=O)N1CCN(CCO)CC1. The zero-order chi connectivity index (χ0) is 12.0. The molecule has 90 valence electrons. The number of hydrogen-bond donors (Lipinski definition) is 2. The molecule has 0 bridgehead atoms. The van der Waals surface area contributed by atoms with Crippen molar-refractivity contribution in [3.63, 3.8) is 0 Å². The molecule has 16 heavy (non-hydrogen) atoms. The molecule has 0 aliphatic carbocycles. The van der Waals surface area contributed by atoms with Crippen LogP contribution < -0.4 is 5.73 Å².